The Kier molecular flexibility index (Phi) is 4.33. The molecule has 6 aromatic carbocycles. The molecule has 1 aliphatic heterocycles. The van der Waals surface area contributed by atoms with Crippen LogP contribution in [-0.4, -0.2) is 14.1 Å². The van der Waals surface area contributed by atoms with Gasteiger partial charge in [-0.2, -0.15) is 0 Å². The van der Waals surface area contributed by atoms with Crippen LogP contribution < -0.4 is 0 Å². The van der Waals surface area contributed by atoms with E-state index in [0.29, 0.717) is 0 Å². The summed E-state index contributed by atoms with van der Waals surface area (Å²) in [6, 6.07) is 50.0. The Labute approximate surface area is 231 Å². The summed E-state index contributed by atoms with van der Waals surface area (Å²) in [5, 5.41) is 2.56. The summed E-state index contributed by atoms with van der Waals surface area (Å²) >= 11 is 0. The Hall–Kier alpha value is -5.41. The van der Waals surface area contributed by atoms with Gasteiger partial charge in [0.15, 0.2) is 0 Å². The molecule has 0 fully saturated rings. The average Bonchev–Trinajstić information content (AvgIpc) is 3.54. The number of nitrogens with zero attached hydrogens (tertiary/aromatic N) is 3. The maximum Gasteiger partial charge on any atom is 0.145 e. The lowest BCUT2D eigenvalue weighted by Crippen LogP contribution is -2.01. The highest BCUT2D eigenvalue weighted by atomic mass is 15.1. The van der Waals surface area contributed by atoms with Crippen molar-refractivity contribution in [2.75, 3.05) is 0 Å². The number of aromatic nitrogens is 3. The molecule has 1 aliphatic rings. The first-order chi connectivity index (χ1) is 19.9. The molecule has 0 atom stereocenters. The van der Waals surface area contributed by atoms with E-state index in [4.69, 9.17) is 4.98 Å². The smallest absolute Gasteiger partial charge is 0.145 e. The minimum atomic E-state index is 0.945. The molecule has 0 unspecified atom stereocenters. The van der Waals surface area contributed by atoms with E-state index < -0.39 is 0 Å². The van der Waals surface area contributed by atoms with Crippen molar-refractivity contribution in [2.24, 2.45) is 0 Å². The fourth-order valence-electron chi connectivity index (χ4n) is 6.58. The van der Waals surface area contributed by atoms with Crippen molar-refractivity contribution < 1.29 is 0 Å². The molecule has 0 N–H and O–H groups in total. The van der Waals surface area contributed by atoms with Crippen LogP contribution >= 0.6 is 0 Å². The molecule has 0 saturated carbocycles. The maximum atomic E-state index is 5.09. The standard InChI is InChI=1S/C37H23N3/c1-2-11-24(12-3-1)37-38-32-18-7-9-20-35(32)39(37)25-21-22-34-31(23-25)27-14-5-4-13-26(27)29-16-10-17-30-28-15-6-8-19-33(28)40(34)36(29)30/h1-23H. The van der Waals surface area contributed by atoms with Gasteiger partial charge in [-0.15, -0.1) is 0 Å². The van der Waals surface area contributed by atoms with Gasteiger partial charge in [0, 0.05) is 33.2 Å². The Morgan fingerprint density at radius 3 is 2.00 bits per heavy atom. The third-order valence-corrected chi connectivity index (χ3v) is 8.27. The van der Waals surface area contributed by atoms with Crippen LogP contribution in [0.2, 0.25) is 0 Å². The molecule has 186 valence electrons. The Morgan fingerprint density at radius 2 is 1.12 bits per heavy atom. The minimum Gasteiger partial charge on any atom is -0.308 e. The molecule has 0 bridgehead atoms. The zero-order chi connectivity index (χ0) is 26.2. The summed E-state index contributed by atoms with van der Waals surface area (Å²) in [4.78, 5) is 5.09. The van der Waals surface area contributed by atoms with Gasteiger partial charge in [-0.3, -0.25) is 4.57 Å². The Bertz CT molecular complexity index is 2270. The van der Waals surface area contributed by atoms with Crippen LogP contribution in [0.4, 0.5) is 0 Å². The first-order valence-electron chi connectivity index (χ1n) is 13.7. The van der Waals surface area contributed by atoms with Crippen molar-refractivity contribution >= 4 is 32.8 Å². The zero-order valence-electron chi connectivity index (χ0n) is 21.6. The van der Waals surface area contributed by atoms with Gasteiger partial charge in [-0.25, -0.2) is 4.98 Å². The monoisotopic (exact) mass is 509 g/mol. The Balaban J connectivity index is 1.41. The van der Waals surface area contributed by atoms with Gasteiger partial charge in [0.1, 0.15) is 5.82 Å². The third-order valence-electron chi connectivity index (χ3n) is 8.27. The van der Waals surface area contributed by atoms with E-state index in [1.165, 1.54) is 49.7 Å². The van der Waals surface area contributed by atoms with Crippen molar-refractivity contribution in [3.8, 4) is 45.0 Å². The van der Waals surface area contributed by atoms with Crippen LogP contribution in [0.3, 0.4) is 0 Å². The van der Waals surface area contributed by atoms with Crippen LogP contribution in [0.15, 0.2) is 140 Å². The second-order valence-electron chi connectivity index (χ2n) is 10.4. The molecule has 0 saturated heterocycles. The molecule has 3 heteroatoms. The summed E-state index contributed by atoms with van der Waals surface area (Å²) < 4.78 is 4.76. The van der Waals surface area contributed by atoms with Crippen LogP contribution in [0.1, 0.15) is 0 Å². The van der Waals surface area contributed by atoms with E-state index in [-0.39, 0.29) is 0 Å². The lowest BCUT2D eigenvalue weighted by atomic mass is 9.93. The highest BCUT2D eigenvalue weighted by molar-refractivity contribution is 6.16. The fraction of sp³-hybridized carbons (Fsp3) is 0. The quantitative estimate of drug-likeness (QED) is 0.228. The lowest BCUT2D eigenvalue weighted by Gasteiger charge is -2.16. The van der Waals surface area contributed by atoms with E-state index in [0.717, 1.165) is 28.1 Å². The largest absolute Gasteiger partial charge is 0.308 e. The predicted molar refractivity (Wildman–Crippen MR) is 165 cm³/mol. The van der Waals surface area contributed by atoms with Crippen LogP contribution in [0.5, 0.6) is 0 Å². The Morgan fingerprint density at radius 1 is 0.450 bits per heavy atom. The van der Waals surface area contributed by atoms with E-state index in [2.05, 4.69) is 149 Å². The summed E-state index contributed by atoms with van der Waals surface area (Å²) in [5.74, 6) is 0.945. The molecule has 3 heterocycles. The van der Waals surface area contributed by atoms with Crippen molar-refractivity contribution in [2.45, 2.75) is 0 Å². The second kappa shape index (κ2) is 8.05. The highest BCUT2D eigenvalue weighted by Gasteiger charge is 2.25. The van der Waals surface area contributed by atoms with Gasteiger partial charge in [0.2, 0.25) is 0 Å². The molecule has 0 amide bonds. The summed E-state index contributed by atoms with van der Waals surface area (Å²) in [7, 11) is 0. The first-order valence-corrected chi connectivity index (χ1v) is 13.7. The molecule has 9 rings (SSSR count). The van der Waals surface area contributed by atoms with E-state index in [1.54, 1.807) is 0 Å². The molecule has 0 spiro atoms. The van der Waals surface area contributed by atoms with E-state index >= 15 is 0 Å². The van der Waals surface area contributed by atoms with Crippen LogP contribution in [0.25, 0.3) is 77.9 Å². The first kappa shape index (κ1) is 21.5. The normalized spacial score (nSPS) is 12.0. The summed E-state index contributed by atoms with van der Waals surface area (Å²) in [5.41, 5.74) is 12.9. The molecule has 0 aliphatic carbocycles. The highest BCUT2D eigenvalue weighted by Crippen LogP contribution is 2.47. The zero-order valence-corrected chi connectivity index (χ0v) is 21.6. The van der Waals surface area contributed by atoms with Crippen molar-refractivity contribution in [1.82, 2.24) is 14.1 Å². The van der Waals surface area contributed by atoms with Crippen LogP contribution in [0, 0.1) is 0 Å². The lowest BCUT2D eigenvalue weighted by molar-refractivity contribution is 1.09. The molecular formula is C37H23N3. The van der Waals surface area contributed by atoms with Crippen molar-refractivity contribution in [3.63, 3.8) is 0 Å². The number of hydrogen-bond donors (Lipinski definition) is 0. The van der Waals surface area contributed by atoms with E-state index in [9.17, 15) is 0 Å². The van der Waals surface area contributed by atoms with E-state index in [1.807, 2.05) is 0 Å². The van der Waals surface area contributed by atoms with Gasteiger partial charge in [-0.05, 0) is 47.5 Å². The molecule has 3 nitrogen and oxygen atoms in total. The third kappa shape index (κ3) is 2.86. The molecule has 0 radical (unpaired) electrons. The number of para-hydroxylation sites is 4. The predicted octanol–water partition coefficient (Wildman–Crippen LogP) is 9.44. The number of fused-ring (bicyclic) bond motifs is 9. The van der Waals surface area contributed by atoms with Gasteiger partial charge >= 0.3 is 0 Å². The van der Waals surface area contributed by atoms with Crippen LogP contribution in [-0.2, 0) is 0 Å². The van der Waals surface area contributed by atoms with Gasteiger partial charge in [0.05, 0.1) is 27.8 Å². The fourth-order valence-corrected chi connectivity index (χ4v) is 6.58. The number of rotatable bonds is 2. The minimum absolute atomic E-state index is 0.945. The molecule has 2 aromatic heterocycles. The molecule has 40 heavy (non-hydrogen) atoms. The molecular weight excluding hydrogens is 486 g/mol. The van der Waals surface area contributed by atoms with Crippen molar-refractivity contribution in [1.29, 1.82) is 0 Å². The number of benzene rings is 6. The average molecular weight is 510 g/mol. The topological polar surface area (TPSA) is 22.8 Å². The second-order valence-corrected chi connectivity index (χ2v) is 10.4. The number of hydrogen-bond acceptors (Lipinski definition) is 1. The van der Waals surface area contributed by atoms with Crippen molar-refractivity contribution in [3.05, 3.63) is 140 Å². The SMILES string of the molecule is c1ccc(-c2nc3ccccc3n2-c2ccc3c(c2)-c2ccccc2-c2cccc4c5ccccc5n-3c24)cc1. The van der Waals surface area contributed by atoms with Gasteiger partial charge < -0.3 is 4.57 Å². The van der Waals surface area contributed by atoms with Gasteiger partial charge in [0.25, 0.3) is 0 Å². The molecule has 8 aromatic rings. The maximum absolute atomic E-state index is 5.09. The summed E-state index contributed by atoms with van der Waals surface area (Å²) in [6.45, 7) is 0. The summed E-state index contributed by atoms with van der Waals surface area (Å²) in [6.07, 6.45) is 0. The number of imidazole rings is 1. The van der Waals surface area contributed by atoms with Gasteiger partial charge in [-0.1, -0.05) is 103 Å².